The minimum atomic E-state index is -1.80. The highest BCUT2D eigenvalue weighted by molar-refractivity contribution is 9.10. The largest absolute Gasteiger partial charge is 0.414 e. The van der Waals surface area contributed by atoms with E-state index >= 15 is 0 Å². The summed E-state index contributed by atoms with van der Waals surface area (Å²) in [7, 11) is -1.80. The lowest BCUT2D eigenvalue weighted by Crippen LogP contribution is -2.47. The van der Waals surface area contributed by atoms with Crippen molar-refractivity contribution < 1.29 is 14.1 Å². The van der Waals surface area contributed by atoms with Gasteiger partial charge in [-0.3, -0.25) is 14.9 Å². The second kappa shape index (κ2) is 7.78. The first-order valence-electron chi connectivity index (χ1n) is 8.82. The van der Waals surface area contributed by atoms with Crippen LogP contribution in [0.1, 0.15) is 44.0 Å². The number of hydrogen-bond acceptors (Lipinski definition) is 5. The first-order valence-corrected chi connectivity index (χ1v) is 12.5. The monoisotopic (exact) mass is 442 g/mol. The summed E-state index contributed by atoms with van der Waals surface area (Å²) >= 11 is 3.45. The fourth-order valence-electron chi connectivity index (χ4n) is 2.87. The lowest BCUT2D eigenvalue weighted by Gasteiger charge is -2.42. The van der Waals surface area contributed by atoms with Gasteiger partial charge in [-0.05, 0) is 53.0 Å². The smallest absolute Gasteiger partial charge is 0.282 e. The maximum Gasteiger partial charge on any atom is 0.282 e. The van der Waals surface area contributed by atoms with Crippen LogP contribution in [0.4, 0.5) is 11.4 Å². The van der Waals surface area contributed by atoms with Gasteiger partial charge >= 0.3 is 0 Å². The van der Waals surface area contributed by atoms with Crippen molar-refractivity contribution in [3.05, 3.63) is 32.3 Å². The number of carbonyl (C=O) groups is 1. The summed E-state index contributed by atoms with van der Waals surface area (Å²) < 4.78 is 7.20. The molecule has 8 heteroatoms. The third-order valence-electron chi connectivity index (χ3n) is 5.47. The molecule has 26 heavy (non-hydrogen) atoms. The van der Waals surface area contributed by atoms with Crippen LogP contribution in [0.25, 0.3) is 0 Å². The van der Waals surface area contributed by atoms with Crippen molar-refractivity contribution in [2.75, 3.05) is 18.0 Å². The van der Waals surface area contributed by atoms with Gasteiger partial charge in [0.25, 0.3) is 5.69 Å². The Labute approximate surface area is 164 Å². The number of nitro groups is 1. The Hall–Kier alpha value is -1.25. The topological polar surface area (TPSA) is 72.7 Å². The van der Waals surface area contributed by atoms with E-state index in [-0.39, 0.29) is 22.4 Å². The molecule has 1 heterocycles. The van der Waals surface area contributed by atoms with E-state index in [1.165, 1.54) is 12.1 Å². The molecule has 1 fully saturated rings. The molecule has 0 aromatic heterocycles. The Morgan fingerprint density at radius 2 is 1.88 bits per heavy atom. The highest BCUT2D eigenvalue weighted by Gasteiger charge is 2.39. The Balaban J connectivity index is 2.12. The number of carbonyl (C=O) groups excluding carboxylic acids is 1. The molecule has 1 aromatic carbocycles. The SMILES string of the molecule is CC(C)(C)[Si](C)(C)OC1CCN(c2cc([N+](=O)[O-])c(C=O)cc2Br)CC1. The van der Waals surface area contributed by atoms with Crippen molar-refractivity contribution in [2.24, 2.45) is 0 Å². The van der Waals surface area contributed by atoms with Crippen molar-refractivity contribution in [3.8, 4) is 0 Å². The number of halogens is 1. The van der Waals surface area contributed by atoms with E-state index in [0.717, 1.165) is 31.6 Å². The van der Waals surface area contributed by atoms with E-state index < -0.39 is 13.2 Å². The molecule has 0 atom stereocenters. The second-order valence-corrected chi connectivity index (χ2v) is 13.9. The zero-order valence-electron chi connectivity index (χ0n) is 16.0. The molecule has 0 radical (unpaired) electrons. The van der Waals surface area contributed by atoms with Gasteiger partial charge in [0.05, 0.1) is 16.2 Å². The molecule has 1 aliphatic rings. The Bertz CT molecular complexity index is 695. The molecule has 0 N–H and O–H groups in total. The minimum Gasteiger partial charge on any atom is -0.414 e. The van der Waals surface area contributed by atoms with Crippen LogP contribution >= 0.6 is 15.9 Å². The molecule has 2 rings (SSSR count). The standard InChI is InChI=1S/C18H27BrN2O4Si/c1-18(2,3)26(4,5)25-14-6-8-20(9-7-14)17-11-16(21(23)24)13(12-22)10-15(17)19/h10-12,14H,6-9H2,1-5H3. The number of rotatable bonds is 5. The van der Waals surface area contributed by atoms with Crippen molar-refractivity contribution in [1.82, 2.24) is 0 Å². The molecule has 0 bridgehead atoms. The second-order valence-electron chi connectivity index (χ2n) is 8.30. The first-order chi connectivity index (χ1) is 12.0. The Morgan fingerprint density at radius 1 is 1.31 bits per heavy atom. The lowest BCUT2D eigenvalue weighted by atomic mass is 10.1. The molecule has 144 valence electrons. The van der Waals surface area contributed by atoms with Gasteiger partial charge in [0.15, 0.2) is 14.6 Å². The number of anilines is 1. The van der Waals surface area contributed by atoms with Crippen molar-refractivity contribution in [1.29, 1.82) is 0 Å². The predicted octanol–water partition coefficient (Wildman–Crippen LogP) is 5.16. The van der Waals surface area contributed by atoms with Gasteiger partial charge in [0.1, 0.15) is 0 Å². The van der Waals surface area contributed by atoms with E-state index in [0.29, 0.717) is 10.8 Å². The molecule has 0 amide bonds. The summed E-state index contributed by atoms with van der Waals surface area (Å²) in [5.41, 5.74) is 0.688. The van der Waals surface area contributed by atoms with Crippen molar-refractivity contribution in [2.45, 2.75) is 57.8 Å². The van der Waals surface area contributed by atoms with Gasteiger partial charge < -0.3 is 9.33 Å². The van der Waals surface area contributed by atoms with E-state index in [9.17, 15) is 14.9 Å². The zero-order chi connectivity index (χ0) is 19.7. The number of hydrogen-bond donors (Lipinski definition) is 0. The summed E-state index contributed by atoms with van der Waals surface area (Å²) in [5.74, 6) is 0. The Morgan fingerprint density at radius 3 is 2.35 bits per heavy atom. The van der Waals surface area contributed by atoms with Crippen LogP contribution in [0.15, 0.2) is 16.6 Å². The van der Waals surface area contributed by atoms with E-state index in [1.54, 1.807) is 0 Å². The molecule has 0 spiro atoms. The van der Waals surface area contributed by atoms with E-state index in [1.807, 2.05) is 0 Å². The van der Waals surface area contributed by atoms with Gasteiger partial charge in [0.2, 0.25) is 0 Å². The summed E-state index contributed by atoms with van der Waals surface area (Å²) in [6.45, 7) is 12.8. The average Bonchev–Trinajstić information content (AvgIpc) is 2.53. The van der Waals surface area contributed by atoms with Gasteiger partial charge in [-0.25, -0.2) is 0 Å². The number of nitro benzene ring substituents is 1. The highest BCUT2D eigenvalue weighted by Crippen LogP contribution is 2.39. The van der Waals surface area contributed by atoms with Crippen molar-refractivity contribution >= 4 is 41.9 Å². The van der Waals surface area contributed by atoms with Gasteiger partial charge in [-0.15, -0.1) is 0 Å². The summed E-state index contributed by atoms with van der Waals surface area (Å²) in [6.07, 6.45) is 2.53. The first kappa shape index (κ1) is 21.1. The molecule has 1 saturated heterocycles. The van der Waals surface area contributed by atoms with Gasteiger partial charge in [0, 0.05) is 29.7 Å². The highest BCUT2D eigenvalue weighted by atomic mass is 79.9. The minimum absolute atomic E-state index is 0.0850. The third kappa shape index (κ3) is 4.53. The number of piperidine rings is 1. The van der Waals surface area contributed by atoms with Crippen LogP contribution < -0.4 is 4.90 Å². The molecular weight excluding hydrogens is 416 g/mol. The van der Waals surface area contributed by atoms with Crippen LogP contribution in [0, 0.1) is 10.1 Å². The summed E-state index contributed by atoms with van der Waals surface area (Å²) in [6, 6.07) is 3.02. The maximum atomic E-state index is 11.2. The molecule has 1 aromatic rings. The van der Waals surface area contributed by atoms with Crippen LogP contribution in [0.2, 0.25) is 18.1 Å². The quantitative estimate of drug-likeness (QED) is 0.272. The molecule has 0 saturated carbocycles. The number of aldehydes is 1. The number of nitrogens with zero attached hydrogens (tertiary/aromatic N) is 2. The fraction of sp³-hybridized carbons (Fsp3) is 0.611. The maximum absolute atomic E-state index is 11.2. The summed E-state index contributed by atoms with van der Waals surface area (Å²) in [5, 5.41) is 11.4. The fourth-order valence-corrected chi connectivity index (χ4v) is 4.90. The molecular formula is C18H27BrN2O4Si. The predicted molar refractivity (Wildman–Crippen MR) is 110 cm³/mol. The Kier molecular flexibility index (Phi) is 6.30. The van der Waals surface area contributed by atoms with Crippen molar-refractivity contribution in [3.63, 3.8) is 0 Å². The van der Waals surface area contributed by atoms with E-state index in [2.05, 4.69) is 54.7 Å². The van der Waals surface area contributed by atoms with Crippen LogP contribution in [-0.4, -0.2) is 38.7 Å². The number of benzene rings is 1. The molecule has 0 unspecified atom stereocenters. The average molecular weight is 443 g/mol. The molecule has 1 aliphatic heterocycles. The summed E-state index contributed by atoms with van der Waals surface area (Å²) in [4.78, 5) is 23.9. The van der Waals surface area contributed by atoms with Gasteiger partial charge in [-0.2, -0.15) is 0 Å². The van der Waals surface area contributed by atoms with Gasteiger partial charge in [-0.1, -0.05) is 20.8 Å². The third-order valence-corrected chi connectivity index (χ3v) is 10.6. The molecule has 0 aliphatic carbocycles. The van der Waals surface area contributed by atoms with Crippen LogP contribution in [0.3, 0.4) is 0 Å². The zero-order valence-corrected chi connectivity index (χ0v) is 18.6. The van der Waals surface area contributed by atoms with Crippen LogP contribution in [0.5, 0.6) is 0 Å². The normalized spacial score (nSPS) is 16.6. The van der Waals surface area contributed by atoms with E-state index in [4.69, 9.17) is 4.43 Å². The lowest BCUT2D eigenvalue weighted by molar-refractivity contribution is -0.385. The molecule has 6 nitrogen and oxygen atoms in total. The van der Waals surface area contributed by atoms with Crippen LogP contribution in [-0.2, 0) is 4.43 Å².